The summed E-state index contributed by atoms with van der Waals surface area (Å²) in [4.78, 5) is 20.6. The molecule has 2 aromatic rings. The maximum atomic E-state index is 13.1. The van der Waals surface area contributed by atoms with Gasteiger partial charge in [0.05, 0.1) is 12.9 Å². The van der Waals surface area contributed by atoms with Crippen LogP contribution in [-0.2, 0) is 11.3 Å². The highest BCUT2D eigenvalue weighted by molar-refractivity contribution is 5.92. The van der Waals surface area contributed by atoms with Gasteiger partial charge in [0.25, 0.3) is 0 Å². The van der Waals surface area contributed by atoms with Gasteiger partial charge in [-0.25, -0.2) is 9.37 Å². The lowest BCUT2D eigenvalue weighted by Gasteiger charge is -2.34. The Hall–Kier alpha value is -2.25. The zero-order chi connectivity index (χ0) is 16.8. The Morgan fingerprint density at radius 1 is 1.17 bits per heavy atom. The van der Waals surface area contributed by atoms with Crippen molar-refractivity contribution in [2.45, 2.75) is 6.54 Å². The molecule has 1 N–H and O–H groups in total. The van der Waals surface area contributed by atoms with Crippen LogP contribution >= 0.6 is 0 Å². The van der Waals surface area contributed by atoms with E-state index in [1.807, 2.05) is 12.5 Å². The predicted molar refractivity (Wildman–Crippen MR) is 90.1 cm³/mol. The lowest BCUT2D eigenvalue weighted by molar-refractivity contribution is -0.117. The van der Waals surface area contributed by atoms with Gasteiger partial charge in [0.15, 0.2) is 0 Å². The van der Waals surface area contributed by atoms with Crippen molar-refractivity contribution >= 4 is 11.6 Å². The highest BCUT2D eigenvalue weighted by Gasteiger charge is 2.18. The Balaban J connectivity index is 1.38. The SMILES string of the molecule is O=C(CN1CCN(CCn2ccnc2)CC1)Nc1cccc(F)c1. The van der Waals surface area contributed by atoms with Gasteiger partial charge in [-0.3, -0.25) is 14.6 Å². The highest BCUT2D eigenvalue weighted by atomic mass is 19.1. The fourth-order valence-electron chi connectivity index (χ4n) is 2.82. The second kappa shape index (κ2) is 8.03. The number of anilines is 1. The number of benzene rings is 1. The Bertz CT molecular complexity index is 653. The molecule has 0 saturated carbocycles. The number of imidazole rings is 1. The first-order valence-electron chi connectivity index (χ1n) is 8.15. The Labute approximate surface area is 140 Å². The molecule has 1 saturated heterocycles. The average Bonchev–Trinajstić information content (AvgIpc) is 3.07. The molecule has 2 heterocycles. The standard InChI is InChI=1S/C17H22FN5O/c18-15-2-1-3-16(12-15)20-17(24)13-22-9-6-21(7-10-22)8-11-23-5-4-19-14-23/h1-5,12,14H,6-11,13H2,(H,20,24). The first-order valence-corrected chi connectivity index (χ1v) is 8.15. The minimum atomic E-state index is -0.348. The van der Waals surface area contributed by atoms with E-state index >= 15 is 0 Å². The van der Waals surface area contributed by atoms with E-state index in [4.69, 9.17) is 0 Å². The summed E-state index contributed by atoms with van der Waals surface area (Å²) in [6.07, 6.45) is 5.58. The van der Waals surface area contributed by atoms with E-state index in [1.54, 1.807) is 18.3 Å². The van der Waals surface area contributed by atoms with Crippen molar-refractivity contribution in [1.29, 1.82) is 0 Å². The topological polar surface area (TPSA) is 53.4 Å². The van der Waals surface area contributed by atoms with E-state index in [9.17, 15) is 9.18 Å². The zero-order valence-electron chi connectivity index (χ0n) is 13.6. The molecule has 0 bridgehead atoms. The highest BCUT2D eigenvalue weighted by Crippen LogP contribution is 2.09. The molecule has 7 heteroatoms. The third-order valence-electron chi connectivity index (χ3n) is 4.17. The number of carbonyl (C=O) groups is 1. The molecule has 0 spiro atoms. The second-order valence-corrected chi connectivity index (χ2v) is 5.98. The lowest BCUT2D eigenvalue weighted by atomic mass is 10.3. The number of hydrogen-bond acceptors (Lipinski definition) is 4. The quantitative estimate of drug-likeness (QED) is 0.866. The van der Waals surface area contributed by atoms with Crippen molar-refractivity contribution in [3.8, 4) is 0 Å². The third-order valence-corrected chi connectivity index (χ3v) is 4.17. The van der Waals surface area contributed by atoms with Gasteiger partial charge in [-0.2, -0.15) is 0 Å². The van der Waals surface area contributed by atoms with E-state index in [-0.39, 0.29) is 11.7 Å². The first kappa shape index (κ1) is 16.6. The van der Waals surface area contributed by atoms with Crippen molar-refractivity contribution in [2.24, 2.45) is 0 Å². The maximum absolute atomic E-state index is 13.1. The van der Waals surface area contributed by atoms with Gasteiger partial charge in [0, 0.05) is 57.3 Å². The van der Waals surface area contributed by atoms with Crippen LogP contribution in [0.4, 0.5) is 10.1 Å². The molecule has 0 aliphatic carbocycles. The van der Waals surface area contributed by atoms with Crippen LogP contribution in [0.25, 0.3) is 0 Å². The van der Waals surface area contributed by atoms with E-state index in [0.717, 1.165) is 39.3 Å². The molecule has 3 rings (SSSR count). The summed E-state index contributed by atoms with van der Waals surface area (Å²) in [5.41, 5.74) is 0.499. The number of rotatable bonds is 6. The molecule has 1 aliphatic heterocycles. The molecule has 1 aliphatic rings. The van der Waals surface area contributed by atoms with Crippen LogP contribution in [0.15, 0.2) is 43.0 Å². The molecule has 1 amide bonds. The normalized spacial score (nSPS) is 16.2. The fourth-order valence-corrected chi connectivity index (χ4v) is 2.82. The van der Waals surface area contributed by atoms with Crippen LogP contribution in [0, 0.1) is 5.82 Å². The molecular weight excluding hydrogens is 309 g/mol. The van der Waals surface area contributed by atoms with E-state index in [0.29, 0.717) is 12.2 Å². The molecule has 128 valence electrons. The van der Waals surface area contributed by atoms with Crippen LogP contribution in [0.5, 0.6) is 0 Å². The summed E-state index contributed by atoms with van der Waals surface area (Å²) < 4.78 is 15.2. The predicted octanol–water partition coefficient (Wildman–Crippen LogP) is 1.28. The fraction of sp³-hybridized carbons (Fsp3) is 0.412. The van der Waals surface area contributed by atoms with Gasteiger partial charge in [0.2, 0.25) is 5.91 Å². The van der Waals surface area contributed by atoms with E-state index in [2.05, 4.69) is 24.7 Å². The van der Waals surface area contributed by atoms with Gasteiger partial charge >= 0.3 is 0 Å². The number of nitrogens with zero attached hydrogens (tertiary/aromatic N) is 4. The Morgan fingerprint density at radius 2 is 1.96 bits per heavy atom. The summed E-state index contributed by atoms with van der Waals surface area (Å²) in [5, 5.41) is 2.74. The summed E-state index contributed by atoms with van der Waals surface area (Å²) in [6, 6.07) is 5.96. The van der Waals surface area contributed by atoms with Gasteiger partial charge in [-0.1, -0.05) is 6.07 Å². The molecule has 24 heavy (non-hydrogen) atoms. The van der Waals surface area contributed by atoms with E-state index < -0.39 is 0 Å². The van der Waals surface area contributed by atoms with Crippen molar-refractivity contribution in [3.05, 3.63) is 48.8 Å². The van der Waals surface area contributed by atoms with Crippen molar-refractivity contribution in [3.63, 3.8) is 0 Å². The molecular formula is C17H22FN5O. The van der Waals surface area contributed by atoms with Crippen molar-refractivity contribution in [2.75, 3.05) is 44.6 Å². The maximum Gasteiger partial charge on any atom is 0.238 e. The smallest absolute Gasteiger partial charge is 0.238 e. The third kappa shape index (κ3) is 4.87. The van der Waals surface area contributed by atoms with Crippen LogP contribution in [0.3, 0.4) is 0 Å². The monoisotopic (exact) mass is 331 g/mol. The number of piperazine rings is 1. The minimum Gasteiger partial charge on any atom is -0.336 e. The summed E-state index contributed by atoms with van der Waals surface area (Å²) in [7, 11) is 0. The number of hydrogen-bond donors (Lipinski definition) is 1. The molecule has 1 aromatic carbocycles. The molecule has 1 fully saturated rings. The summed E-state index contributed by atoms with van der Waals surface area (Å²) in [6.45, 7) is 5.87. The Morgan fingerprint density at radius 3 is 2.67 bits per heavy atom. The Kier molecular flexibility index (Phi) is 5.55. The first-order chi connectivity index (χ1) is 11.7. The van der Waals surface area contributed by atoms with Crippen LogP contribution in [0.1, 0.15) is 0 Å². The lowest BCUT2D eigenvalue weighted by Crippen LogP contribution is -2.49. The van der Waals surface area contributed by atoms with Crippen molar-refractivity contribution < 1.29 is 9.18 Å². The average molecular weight is 331 g/mol. The van der Waals surface area contributed by atoms with Gasteiger partial charge in [-0.05, 0) is 18.2 Å². The molecule has 1 aromatic heterocycles. The molecule has 6 nitrogen and oxygen atoms in total. The number of amides is 1. The van der Waals surface area contributed by atoms with Gasteiger partial charge in [0.1, 0.15) is 5.82 Å². The number of carbonyl (C=O) groups excluding carboxylic acids is 1. The van der Waals surface area contributed by atoms with Crippen LogP contribution < -0.4 is 5.32 Å². The van der Waals surface area contributed by atoms with Gasteiger partial charge < -0.3 is 9.88 Å². The largest absolute Gasteiger partial charge is 0.336 e. The summed E-state index contributed by atoms with van der Waals surface area (Å²) >= 11 is 0. The van der Waals surface area contributed by atoms with Crippen molar-refractivity contribution in [1.82, 2.24) is 19.4 Å². The van der Waals surface area contributed by atoms with Gasteiger partial charge in [-0.15, -0.1) is 0 Å². The second-order valence-electron chi connectivity index (χ2n) is 5.98. The van der Waals surface area contributed by atoms with Crippen LogP contribution in [0.2, 0.25) is 0 Å². The summed E-state index contributed by atoms with van der Waals surface area (Å²) in [5.74, 6) is -0.452. The minimum absolute atomic E-state index is 0.104. The molecule has 0 radical (unpaired) electrons. The molecule has 0 unspecified atom stereocenters. The van der Waals surface area contributed by atoms with Crippen LogP contribution in [-0.4, -0.2) is 64.5 Å². The van der Waals surface area contributed by atoms with E-state index in [1.165, 1.54) is 12.1 Å². The number of halogens is 1. The zero-order valence-corrected chi connectivity index (χ0v) is 13.6. The number of nitrogens with one attached hydrogen (secondary N) is 1. The number of aromatic nitrogens is 2. The molecule has 0 atom stereocenters.